The summed E-state index contributed by atoms with van der Waals surface area (Å²) >= 11 is 0. The van der Waals surface area contributed by atoms with E-state index in [1.165, 1.54) is 18.9 Å². The van der Waals surface area contributed by atoms with E-state index in [1.807, 2.05) is 0 Å². The molecule has 0 fully saturated rings. The second-order valence-corrected chi connectivity index (χ2v) is 5.26. The molecule has 0 aromatic heterocycles. The van der Waals surface area contributed by atoms with Gasteiger partial charge in [-0.3, -0.25) is 9.59 Å². The van der Waals surface area contributed by atoms with Gasteiger partial charge in [-0.05, 0) is 24.3 Å². The number of rotatable bonds is 6. The minimum atomic E-state index is -0.860. The number of nitrogens with zero attached hydrogens (tertiary/aromatic N) is 1. The van der Waals surface area contributed by atoms with Crippen LogP contribution in [0.2, 0.25) is 0 Å². The van der Waals surface area contributed by atoms with Crippen molar-refractivity contribution in [3.63, 3.8) is 0 Å². The number of benzene rings is 2. The molecule has 132 valence electrons. The van der Waals surface area contributed by atoms with Gasteiger partial charge in [0.25, 0.3) is 0 Å². The third kappa shape index (κ3) is 4.76. The molecule has 0 spiro atoms. The Kier molecular flexibility index (Phi) is 6.05. The Morgan fingerprint density at radius 2 is 1.88 bits per heavy atom. The summed E-state index contributed by atoms with van der Waals surface area (Å²) in [6.45, 7) is 1.47. The minimum absolute atomic E-state index is 0.0611. The third-order valence-corrected chi connectivity index (χ3v) is 3.52. The zero-order chi connectivity index (χ0) is 18.4. The van der Waals surface area contributed by atoms with Crippen molar-refractivity contribution in [1.29, 1.82) is 0 Å². The number of anilines is 2. The molecule has 0 bridgehead atoms. The molecule has 0 aliphatic rings. The average molecular weight is 348 g/mol. The molecule has 0 atom stereocenters. The summed E-state index contributed by atoms with van der Waals surface area (Å²) in [5, 5.41) is 2.36. The molecule has 2 rings (SSSR count). The van der Waals surface area contributed by atoms with Gasteiger partial charge in [-0.25, -0.2) is 8.78 Å². The van der Waals surface area contributed by atoms with Crippen LogP contribution in [0.1, 0.15) is 13.3 Å². The van der Waals surface area contributed by atoms with Crippen LogP contribution in [0.25, 0.3) is 0 Å². The molecule has 0 saturated carbocycles. The highest BCUT2D eigenvalue weighted by Crippen LogP contribution is 2.28. The zero-order valence-electron chi connectivity index (χ0n) is 13.9. The van der Waals surface area contributed by atoms with Crippen LogP contribution >= 0.6 is 0 Å². The van der Waals surface area contributed by atoms with E-state index in [0.29, 0.717) is 17.5 Å². The van der Waals surface area contributed by atoms with E-state index in [-0.39, 0.29) is 24.6 Å². The molecule has 7 heteroatoms. The van der Waals surface area contributed by atoms with E-state index in [9.17, 15) is 18.4 Å². The zero-order valence-corrected chi connectivity index (χ0v) is 13.9. The highest BCUT2D eigenvalue weighted by atomic mass is 19.1. The van der Waals surface area contributed by atoms with Crippen LogP contribution in [-0.4, -0.2) is 25.5 Å². The van der Waals surface area contributed by atoms with E-state index in [2.05, 4.69) is 5.32 Å². The number of para-hydroxylation sites is 2. The Morgan fingerprint density at radius 3 is 2.52 bits per heavy atom. The third-order valence-electron chi connectivity index (χ3n) is 3.52. The number of hydrogen-bond acceptors (Lipinski definition) is 3. The first kappa shape index (κ1) is 18.4. The van der Waals surface area contributed by atoms with Crippen molar-refractivity contribution in [2.75, 3.05) is 23.9 Å². The van der Waals surface area contributed by atoms with Gasteiger partial charge >= 0.3 is 0 Å². The van der Waals surface area contributed by atoms with E-state index in [0.717, 1.165) is 12.1 Å². The first-order valence-corrected chi connectivity index (χ1v) is 7.58. The van der Waals surface area contributed by atoms with Crippen LogP contribution in [0.4, 0.5) is 20.2 Å². The number of methoxy groups -OCH3 is 1. The Labute approximate surface area is 144 Å². The van der Waals surface area contributed by atoms with Gasteiger partial charge in [-0.15, -0.1) is 0 Å². The highest BCUT2D eigenvalue weighted by molar-refractivity contribution is 5.95. The van der Waals surface area contributed by atoms with Crippen LogP contribution in [0.3, 0.4) is 0 Å². The predicted octanol–water partition coefficient (Wildman–Crippen LogP) is 3.36. The van der Waals surface area contributed by atoms with Crippen LogP contribution in [0, 0.1) is 11.6 Å². The molecule has 2 amide bonds. The number of ether oxygens (including phenoxy) is 1. The summed E-state index contributed by atoms with van der Waals surface area (Å²) < 4.78 is 31.7. The Balaban J connectivity index is 2.06. The fourth-order valence-electron chi connectivity index (χ4n) is 2.32. The lowest BCUT2D eigenvalue weighted by atomic mass is 10.2. The standard InChI is InChI=1S/C18H18F2N2O3/c1-12(23)22(16-5-3-4-6-17(16)25-2)10-9-18(24)21-15-8-7-13(19)11-14(15)20/h3-8,11H,9-10H2,1-2H3,(H,21,24). The number of halogens is 2. The van der Waals surface area contributed by atoms with Gasteiger partial charge in [0.2, 0.25) is 11.8 Å². The van der Waals surface area contributed by atoms with Crippen molar-refractivity contribution < 1.29 is 23.1 Å². The molecule has 0 aliphatic carbocycles. The first-order chi connectivity index (χ1) is 11.9. The summed E-state index contributed by atoms with van der Waals surface area (Å²) in [4.78, 5) is 25.3. The van der Waals surface area contributed by atoms with Crippen molar-refractivity contribution in [2.45, 2.75) is 13.3 Å². The van der Waals surface area contributed by atoms with E-state index < -0.39 is 17.5 Å². The van der Waals surface area contributed by atoms with Gasteiger partial charge in [0.1, 0.15) is 17.4 Å². The molecule has 2 aromatic carbocycles. The largest absolute Gasteiger partial charge is 0.495 e. The predicted molar refractivity (Wildman–Crippen MR) is 90.6 cm³/mol. The summed E-state index contributed by atoms with van der Waals surface area (Å²) in [7, 11) is 1.49. The maximum Gasteiger partial charge on any atom is 0.226 e. The molecule has 0 aliphatic heterocycles. The number of amides is 2. The lowest BCUT2D eigenvalue weighted by Gasteiger charge is -2.23. The SMILES string of the molecule is COc1ccccc1N(CCC(=O)Nc1ccc(F)cc1F)C(C)=O. The smallest absolute Gasteiger partial charge is 0.226 e. The lowest BCUT2D eigenvalue weighted by molar-refractivity contribution is -0.117. The van der Waals surface area contributed by atoms with E-state index in [4.69, 9.17) is 4.74 Å². The first-order valence-electron chi connectivity index (χ1n) is 7.58. The Bertz CT molecular complexity index is 781. The summed E-state index contributed by atoms with van der Waals surface area (Å²) in [5.74, 6) is -1.84. The summed E-state index contributed by atoms with van der Waals surface area (Å²) in [5.41, 5.74) is 0.427. The minimum Gasteiger partial charge on any atom is -0.495 e. The van der Waals surface area contributed by atoms with Crippen LogP contribution in [-0.2, 0) is 9.59 Å². The Hall–Kier alpha value is -2.96. The van der Waals surface area contributed by atoms with Crippen LogP contribution in [0.15, 0.2) is 42.5 Å². The molecule has 0 heterocycles. The highest BCUT2D eigenvalue weighted by Gasteiger charge is 2.17. The molecular weight excluding hydrogens is 330 g/mol. The van der Waals surface area contributed by atoms with Gasteiger partial charge in [0.15, 0.2) is 0 Å². The van der Waals surface area contributed by atoms with Crippen molar-refractivity contribution >= 4 is 23.2 Å². The maximum absolute atomic E-state index is 13.6. The molecule has 0 unspecified atom stereocenters. The van der Waals surface area contributed by atoms with Crippen molar-refractivity contribution in [2.24, 2.45) is 0 Å². The maximum atomic E-state index is 13.6. The summed E-state index contributed by atoms with van der Waals surface area (Å²) in [6, 6.07) is 9.82. The van der Waals surface area contributed by atoms with Crippen LogP contribution < -0.4 is 15.0 Å². The van der Waals surface area contributed by atoms with Crippen molar-refractivity contribution in [3.8, 4) is 5.75 Å². The second-order valence-electron chi connectivity index (χ2n) is 5.26. The van der Waals surface area contributed by atoms with Gasteiger partial charge in [-0.2, -0.15) is 0 Å². The molecule has 25 heavy (non-hydrogen) atoms. The molecule has 0 radical (unpaired) electrons. The normalized spacial score (nSPS) is 10.2. The second kappa shape index (κ2) is 8.23. The monoisotopic (exact) mass is 348 g/mol. The van der Waals surface area contributed by atoms with Crippen molar-refractivity contribution in [3.05, 3.63) is 54.1 Å². The molecule has 0 saturated heterocycles. The van der Waals surface area contributed by atoms with Crippen LogP contribution in [0.5, 0.6) is 5.75 Å². The van der Waals surface area contributed by atoms with Gasteiger partial charge in [0, 0.05) is 26.0 Å². The fourth-order valence-corrected chi connectivity index (χ4v) is 2.32. The van der Waals surface area contributed by atoms with E-state index in [1.54, 1.807) is 24.3 Å². The number of carbonyl (C=O) groups is 2. The Morgan fingerprint density at radius 1 is 1.16 bits per heavy atom. The molecule has 1 N–H and O–H groups in total. The lowest BCUT2D eigenvalue weighted by Crippen LogP contribution is -2.32. The fraction of sp³-hybridized carbons (Fsp3) is 0.222. The number of nitrogens with one attached hydrogen (secondary N) is 1. The molecule has 2 aromatic rings. The number of hydrogen-bond donors (Lipinski definition) is 1. The molecule has 5 nitrogen and oxygen atoms in total. The van der Waals surface area contributed by atoms with Gasteiger partial charge in [0.05, 0.1) is 18.5 Å². The number of carbonyl (C=O) groups excluding carboxylic acids is 2. The van der Waals surface area contributed by atoms with Crippen molar-refractivity contribution in [1.82, 2.24) is 0 Å². The topological polar surface area (TPSA) is 58.6 Å². The quantitative estimate of drug-likeness (QED) is 0.871. The van der Waals surface area contributed by atoms with Gasteiger partial charge < -0.3 is 15.0 Å². The van der Waals surface area contributed by atoms with E-state index >= 15 is 0 Å². The van der Waals surface area contributed by atoms with Gasteiger partial charge in [-0.1, -0.05) is 12.1 Å². The molecular formula is C18H18F2N2O3. The average Bonchev–Trinajstić information content (AvgIpc) is 2.57. The summed E-state index contributed by atoms with van der Waals surface area (Å²) in [6.07, 6.45) is -0.0611.